The van der Waals surface area contributed by atoms with Crippen molar-refractivity contribution >= 4 is 17.7 Å². The summed E-state index contributed by atoms with van der Waals surface area (Å²) in [5.41, 5.74) is 0.702. The first kappa shape index (κ1) is 38.2. The fourth-order valence-electron chi connectivity index (χ4n) is 12.8. The largest absolute Gasteiger partial charge is 0.481 e. The maximum atomic E-state index is 13.9. The predicted octanol–water partition coefficient (Wildman–Crippen LogP) is 7.23. The molecule has 4 saturated carbocycles. The van der Waals surface area contributed by atoms with E-state index in [0.29, 0.717) is 36.6 Å². The summed E-state index contributed by atoms with van der Waals surface area (Å²) in [6.07, 6.45) is 14.1. The standard InChI is InChI=1S/C42H65N3O6/c1-26(2)35-29(46)22-42(32(47)24-43-18-9-20-45-21-19-44-25-45)17-12-28-27(36(35)42)10-11-31-40(28,7)15-13-30-39(5,6)33(14-16-41(30,31)8)51-34(48)23-38(3,4)37(49)50/h19,21,25-28,30-33,43,47H,9-18,20,22-24H2,1-8H3,(H,49,50). The van der Waals surface area contributed by atoms with Crippen LogP contribution >= 0.6 is 0 Å². The van der Waals surface area contributed by atoms with Crippen molar-refractivity contribution in [1.82, 2.24) is 14.9 Å². The van der Waals surface area contributed by atoms with Crippen LogP contribution in [-0.2, 0) is 25.7 Å². The molecule has 4 fully saturated rings. The number of hydrogen-bond acceptors (Lipinski definition) is 7. The zero-order chi connectivity index (χ0) is 37.1. The maximum Gasteiger partial charge on any atom is 0.309 e. The third-order valence-electron chi connectivity index (χ3n) is 15.3. The molecule has 1 heterocycles. The number of aliphatic carboxylic acids is 1. The van der Waals surface area contributed by atoms with E-state index in [4.69, 9.17) is 4.74 Å². The number of carboxylic acids is 1. The van der Waals surface area contributed by atoms with Gasteiger partial charge in [0.2, 0.25) is 0 Å². The van der Waals surface area contributed by atoms with Crippen LogP contribution in [0.4, 0.5) is 0 Å². The van der Waals surface area contributed by atoms with Gasteiger partial charge in [0, 0.05) is 42.7 Å². The molecule has 0 amide bonds. The highest BCUT2D eigenvalue weighted by Gasteiger charge is 2.67. The first-order valence-corrected chi connectivity index (χ1v) is 19.9. The van der Waals surface area contributed by atoms with Gasteiger partial charge in [0.25, 0.3) is 0 Å². The number of aliphatic hydroxyl groups excluding tert-OH is 1. The number of nitrogens with zero attached hydrogens (tertiary/aromatic N) is 2. The fraction of sp³-hybridized carbons (Fsp3) is 0.810. The Balaban J connectivity index is 1.20. The minimum absolute atomic E-state index is 0.0974. The number of imidazole rings is 1. The van der Waals surface area contributed by atoms with E-state index in [1.54, 1.807) is 20.0 Å². The molecule has 9 unspecified atom stereocenters. The lowest BCUT2D eigenvalue weighted by Crippen LogP contribution is -2.63. The summed E-state index contributed by atoms with van der Waals surface area (Å²) >= 11 is 0. The highest BCUT2D eigenvalue weighted by Crippen LogP contribution is 2.73. The van der Waals surface area contributed by atoms with Crippen LogP contribution in [0.1, 0.15) is 126 Å². The van der Waals surface area contributed by atoms with Gasteiger partial charge in [-0.25, -0.2) is 4.98 Å². The molecule has 1 aromatic rings. The molecule has 0 saturated heterocycles. The van der Waals surface area contributed by atoms with Crippen LogP contribution in [0.15, 0.2) is 29.9 Å². The van der Waals surface area contributed by atoms with Crippen LogP contribution in [-0.4, -0.2) is 62.8 Å². The number of aromatic nitrogens is 2. The number of rotatable bonds is 12. The molecule has 9 heteroatoms. The van der Waals surface area contributed by atoms with Crippen LogP contribution < -0.4 is 5.32 Å². The number of nitrogens with one attached hydrogen (secondary N) is 1. The zero-order valence-electron chi connectivity index (χ0n) is 32.6. The lowest BCUT2D eigenvalue weighted by Gasteiger charge is -2.69. The summed E-state index contributed by atoms with van der Waals surface area (Å²) < 4.78 is 8.22. The normalized spacial score (nSPS) is 36.6. The third-order valence-corrected chi connectivity index (χ3v) is 15.3. The summed E-state index contributed by atoms with van der Waals surface area (Å²) in [5.74, 6) is 0.711. The number of esters is 1. The van der Waals surface area contributed by atoms with Gasteiger partial charge < -0.3 is 24.8 Å². The summed E-state index contributed by atoms with van der Waals surface area (Å²) in [4.78, 5) is 42.8. The molecule has 0 radical (unpaired) electrons. The van der Waals surface area contributed by atoms with E-state index in [0.717, 1.165) is 76.5 Å². The highest BCUT2D eigenvalue weighted by atomic mass is 16.5. The van der Waals surface area contributed by atoms with E-state index in [1.807, 2.05) is 12.5 Å². The smallest absolute Gasteiger partial charge is 0.309 e. The summed E-state index contributed by atoms with van der Waals surface area (Å²) in [6.45, 7) is 19.3. The molecular formula is C42H65N3O6. The number of aliphatic hydroxyl groups is 1. The number of fused-ring (bicyclic) bond motifs is 7. The molecule has 9 atom stereocenters. The number of carboxylic acid groups (broad SMARTS) is 1. The molecule has 51 heavy (non-hydrogen) atoms. The molecule has 9 nitrogen and oxygen atoms in total. The Labute approximate surface area is 305 Å². The molecular weight excluding hydrogens is 642 g/mol. The summed E-state index contributed by atoms with van der Waals surface area (Å²) in [6, 6.07) is 0. The fourth-order valence-corrected chi connectivity index (χ4v) is 12.8. The number of allylic oxidation sites excluding steroid dienone is 1. The van der Waals surface area contributed by atoms with Gasteiger partial charge in [-0.2, -0.15) is 0 Å². The minimum atomic E-state index is -1.16. The van der Waals surface area contributed by atoms with Crippen molar-refractivity contribution < 1.29 is 29.3 Å². The second kappa shape index (κ2) is 13.7. The molecule has 0 aromatic carbocycles. The average molecular weight is 708 g/mol. The molecule has 5 aliphatic rings. The number of hydrogen-bond donors (Lipinski definition) is 3. The van der Waals surface area contributed by atoms with Gasteiger partial charge in [-0.3, -0.25) is 14.4 Å². The quantitative estimate of drug-likeness (QED) is 0.153. The van der Waals surface area contributed by atoms with E-state index in [-0.39, 0.29) is 40.5 Å². The Kier molecular flexibility index (Phi) is 10.3. The lowest BCUT2D eigenvalue weighted by atomic mass is 9.36. The molecule has 0 spiro atoms. The van der Waals surface area contributed by atoms with Gasteiger partial charge in [0.15, 0.2) is 5.78 Å². The summed E-state index contributed by atoms with van der Waals surface area (Å²) in [5, 5.41) is 25.1. The predicted molar refractivity (Wildman–Crippen MR) is 196 cm³/mol. The van der Waals surface area contributed by atoms with Gasteiger partial charge >= 0.3 is 11.9 Å². The second-order valence-electron chi connectivity index (χ2n) is 19.3. The highest BCUT2D eigenvalue weighted by molar-refractivity contribution is 6.00. The minimum Gasteiger partial charge on any atom is -0.481 e. The van der Waals surface area contributed by atoms with Crippen LogP contribution in [0.25, 0.3) is 0 Å². The van der Waals surface area contributed by atoms with Crippen molar-refractivity contribution in [1.29, 1.82) is 0 Å². The Bertz CT molecular complexity index is 1510. The molecule has 6 rings (SSSR count). The van der Waals surface area contributed by atoms with Crippen LogP contribution in [0.2, 0.25) is 0 Å². The van der Waals surface area contributed by atoms with E-state index in [2.05, 4.69) is 56.4 Å². The monoisotopic (exact) mass is 707 g/mol. The van der Waals surface area contributed by atoms with E-state index >= 15 is 0 Å². The first-order chi connectivity index (χ1) is 23.9. The number of carbonyl (C=O) groups is 3. The van der Waals surface area contributed by atoms with Crippen molar-refractivity contribution in [2.45, 2.75) is 145 Å². The number of Topliss-reactive ketones (excluding diaryl/α,β-unsaturated/α-hetero) is 1. The SMILES string of the molecule is CC(C)C1=C2C3CCC4C(C)(CCC5C(C)(C)C(OC(=O)CC(C)(C)C(=O)O)CCC54C)C3CCC2(C(O)CNCCCn2ccnc2)CC1=O. The van der Waals surface area contributed by atoms with Crippen molar-refractivity contribution in [2.75, 3.05) is 13.1 Å². The molecule has 5 aliphatic carbocycles. The van der Waals surface area contributed by atoms with Crippen molar-refractivity contribution in [3.05, 3.63) is 29.9 Å². The lowest BCUT2D eigenvalue weighted by molar-refractivity contribution is -0.214. The van der Waals surface area contributed by atoms with Gasteiger partial charge in [-0.05, 0) is 124 Å². The van der Waals surface area contributed by atoms with Gasteiger partial charge in [-0.15, -0.1) is 0 Å². The molecule has 0 aliphatic heterocycles. The molecule has 3 N–H and O–H groups in total. The number of ketones is 1. The first-order valence-electron chi connectivity index (χ1n) is 19.9. The number of ether oxygens (including phenoxy) is 1. The Morgan fingerprint density at radius 3 is 2.43 bits per heavy atom. The number of carbonyl (C=O) groups excluding carboxylic acids is 2. The van der Waals surface area contributed by atoms with Crippen LogP contribution in [0, 0.1) is 56.7 Å². The Morgan fingerprint density at radius 1 is 1.04 bits per heavy atom. The molecule has 0 bridgehead atoms. The van der Waals surface area contributed by atoms with Crippen LogP contribution in [0.3, 0.4) is 0 Å². The van der Waals surface area contributed by atoms with Gasteiger partial charge in [0.05, 0.1) is 24.3 Å². The second-order valence-corrected chi connectivity index (χ2v) is 19.3. The zero-order valence-corrected chi connectivity index (χ0v) is 32.6. The van der Waals surface area contributed by atoms with E-state index in [9.17, 15) is 24.6 Å². The van der Waals surface area contributed by atoms with Crippen LogP contribution in [0.5, 0.6) is 0 Å². The topological polar surface area (TPSA) is 131 Å². The maximum absolute atomic E-state index is 13.9. The number of aryl methyl sites for hydroxylation is 1. The van der Waals surface area contributed by atoms with E-state index in [1.165, 1.54) is 5.57 Å². The van der Waals surface area contributed by atoms with Gasteiger partial charge in [0.1, 0.15) is 6.10 Å². The van der Waals surface area contributed by atoms with Crippen molar-refractivity contribution in [2.24, 2.45) is 56.7 Å². The third kappa shape index (κ3) is 6.44. The Hall–Kier alpha value is -2.52. The Morgan fingerprint density at radius 2 is 1.76 bits per heavy atom. The van der Waals surface area contributed by atoms with Crippen molar-refractivity contribution in [3.8, 4) is 0 Å². The molecule has 1 aromatic heterocycles. The van der Waals surface area contributed by atoms with Crippen molar-refractivity contribution in [3.63, 3.8) is 0 Å². The molecule has 284 valence electrons. The average Bonchev–Trinajstić information content (AvgIpc) is 3.67. The van der Waals surface area contributed by atoms with Gasteiger partial charge in [-0.1, -0.05) is 47.1 Å². The summed E-state index contributed by atoms with van der Waals surface area (Å²) in [7, 11) is 0. The van der Waals surface area contributed by atoms with E-state index < -0.39 is 28.9 Å².